The topological polar surface area (TPSA) is 70.2 Å². The van der Waals surface area contributed by atoms with Crippen LogP contribution in [0.5, 0.6) is 0 Å². The molecule has 1 spiro atoms. The standard InChI is InChI=1S/C17H21N3O2/c1-12(13-5-3-2-4-6-13)19-15-11-14(21)17(16(22)20-15)7-9-18-10-8-17/h2-6,11-12,18-19H,7-10H2,1H3,(H,20,22)/t12-/m0/s1. The molecule has 3 rings (SSSR count). The van der Waals surface area contributed by atoms with E-state index in [4.69, 9.17) is 0 Å². The van der Waals surface area contributed by atoms with Crippen molar-refractivity contribution < 1.29 is 9.59 Å². The van der Waals surface area contributed by atoms with Gasteiger partial charge in [-0.15, -0.1) is 0 Å². The summed E-state index contributed by atoms with van der Waals surface area (Å²) in [6.07, 6.45) is 2.68. The van der Waals surface area contributed by atoms with Gasteiger partial charge in [-0.25, -0.2) is 0 Å². The van der Waals surface area contributed by atoms with Crippen LogP contribution in [0.3, 0.4) is 0 Å². The highest BCUT2D eigenvalue weighted by molar-refractivity contribution is 6.14. The average molecular weight is 299 g/mol. The Labute approximate surface area is 130 Å². The van der Waals surface area contributed by atoms with Crippen molar-refractivity contribution in [3.05, 3.63) is 47.8 Å². The Balaban J connectivity index is 1.75. The van der Waals surface area contributed by atoms with Crippen LogP contribution in [-0.4, -0.2) is 24.8 Å². The molecular weight excluding hydrogens is 278 g/mol. The van der Waals surface area contributed by atoms with Gasteiger partial charge in [0.05, 0.1) is 0 Å². The Kier molecular flexibility index (Phi) is 3.98. The maximum absolute atomic E-state index is 12.5. The van der Waals surface area contributed by atoms with E-state index in [1.165, 1.54) is 0 Å². The van der Waals surface area contributed by atoms with E-state index in [9.17, 15) is 9.59 Å². The Morgan fingerprint density at radius 2 is 1.82 bits per heavy atom. The summed E-state index contributed by atoms with van der Waals surface area (Å²) in [5, 5.41) is 9.27. The van der Waals surface area contributed by atoms with Gasteiger partial charge in [0.2, 0.25) is 5.91 Å². The molecule has 1 saturated heterocycles. The molecule has 2 aliphatic heterocycles. The average Bonchev–Trinajstić information content (AvgIpc) is 2.54. The lowest BCUT2D eigenvalue weighted by atomic mass is 9.73. The number of amides is 1. The summed E-state index contributed by atoms with van der Waals surface area (Å²) in [5.41, 5.74) is 0.235. The number of carbonyl (C=O) groups excluding carboxylic acids is 2. The summed E-state index contributed by atoms with van der Waals surface area (Å²) in [6.45, 7) is 3.41. The molecule has 116 valence electrons. The van der Waals surface area contributed by atoms with E-state index in [0.717, 1.165) is 5.56 Å². The van der Waals surface area contributed by atoms with E-state index >= 15 is 0 Å². The minimum Gasteiger partial charge on any atom is -0.365 e. The van der Waals surface area contributed by atoms with Crippen LogP contribution in [0.2, 0.25) is 0 Å². The SMILES string of the molecule is C[C@H](NC1=CC(=O)C2(CCNCC2)C(=O)N1)c1ccccc1. The number of nitrogens with one attached hydrogen (secondary N) is 3. The molecule has 0 unspecified atom stereocenters. The molecule has 1 aromatic rings. The molecule has 1 aromatic carbocycles. The second-order valence-corrected chi connectivity index (χ2v) is 5.99. The Morgan fingerprint density at radius 1 is 1.14 bits per heavy atom. The molecule has 0 aromatic heterocycles. The second-order valence-electron chi connectivity index (χ2n) is 5.99. The molecule has 22 heavy (non-hydrogen) atoms. The zero-order valence-electron chi connectivity index (χ0n) is 12.7. The molecule has 3 N–H and O–H groups in total. The van der Waals surface area contributed by atoms with Crippen LogP contribution in [-0.2, 0) is 9.59 Å². The number of ketones is 1. The third kappa shape index (κ3) is 2.64. The van der Waals surface area contributed by atoms with Crippen molar-refractivity contribution in [2.45, 2.75) is 25.8 Å². The van der Waals surface area contributed by atoms with E-state index in [0.29, 0.717) is 31.8 Å². The van der Waals surface area contributed by atoms with Crippen LogP contribution >= 0.6 is 0 Å². The van der Waals surface area contributed by atoms with Crippen molar-refractivity contribution in [3.8, 4) is 0 Å². The van der Waals surface area contributed by atoms with Gasteiger partial charge in [-0.2, -0.15) is 0 Å². The van der Waals surface area contributed by atoms with Crippen molar-refractivity contribution in [1.82, 2.24) is 16.0 Å². The van der Waals surface area contributed by atoms with Gasteiger partial charge >= 0.3 is 0 Å². The number of rotatable bonds is 3. The van der Waals surface area contributed by atoms with E-state index < -0.39 is 5.41 Å². The minimum absolute atomic E-state index is 0.0163. The first-order chi connectivity index (χ1) is 10.6. The first-order valence-corrected chi connectivity index (χ1v) is 7.72. The van der Waals surface area contributed by atoms with Crippen molar-refractivity contribution in [2.75, 3.05) is 13.1 Å². The Morgan fingerprint density at radius 3 is 2.45 bits per heavy atom. The van der Waals surface area contributed by atoms with Crippen LogP contribution in [0.25, 0.3) is 0 Å². The van der Waals surface area contributed by atoms with Crippen molar-refractivity contribution in [2.24, 2.45) is 5.41 Å². The van der Waals surface area contributed by atoms with Crippen LogP contribution in [0.1, 0.15) is 31.4 Å². The summed E-state index contributed by atoms with van der Waals surface area (Å²) in [6, 6.07) is 9.94. The third-order valence-electron chi connectivity index (χ3n) is 4.56. The molecule has 5 nitrogen and oxygen atoms in total. The predicted octanol–water partition coefficient (Wildman–Crippen LogP) is 1.25. The number of allylic oxidation sites excluding steroid dienone is 1. The Hall–Kier alpha value is -2.14. The molecule has 5 heteroatoms. The lowest BCUT2D eigenvalue weighted by molar-refractivity contribution is -0.142. The number of piperidine rings is 1. The van der Waals surface area contributed by atoms with Gasteiger partial charge in [-0.1, -0.05) is 30.3 Å². The van der Waals surface area contributed by atoms with Crippen LogP contribution in [0, 0.1) is 5.41 Å². The summed E-state index contributed by atoms with van der Waals surface area (Å²) in [4.78, 5) is 25.0. The van der Waals surface area contributed by atoms with E-state index in [2.05, 4.69) is 16.0 Å². The molecule has 1 fully saturated rings. The molecule has 2 heterocycles. The lowest BCUT2D eigenvalue weighted by Gasteiger charge is -2.37. The highest BCUT2D eigenvalue weighted by atomic mass is 16.2. The highest BCUT2D eigenvalue weighted by Crippen LogP contribution is 2.33. The monoisotopic (exact) mass is 299 g/mol. The first-order valence-electron chi connectivity index (χ1n) is 7.72. The first kappa shape index (κ1) is 14.8. The van der Waals surface area contributed by atoms with Crippen LogP contribution in [0.4, 0.5) is 0 Å². The third-order valence-corrected chi connectivity index (χ3v) is 4.56. The summed E-state index contributed by atoms with van der Waals surface area (Å²) in [5.74, 6) is 0.236. The van der Waals surface area contributed by atoms with Gasteiger partial charge in [0.25, 0.3) is 0 Å². The molecular formula is C17H21N3O2. The maximum Gasteiger partial charge on any atom is 0.239 e. The Bertz CT molecular complexity index is 604. The van der Waals surface area contributed by atoms with E-state index in [-0.39, 0.29) is 17.7 Å². The number of carbonyl (C=O) groups is 2. The molecule has 0 aliphatic carbocycles. The molecule has 0 bridgehead atoms. The molecule has 0 saturated carbocycles. The normalized spacial score (nSPS) is 22.0. The summed E-state index contributed by atoms with van der Waals surface area (Å²) < 4.78 is 0. The van der Waals surface area contributed by atoms with Gasteiger partial charge in [0.1, 0.15) is 11.2 Å². The maximum atomic E-state index is 12.5. The quantitative estimate of drug-likeness (QED) is 0.735. The highest BCUT2D eigenvalue weighted by Gasteiger charge is 2.47. The predicted molar refractivity (Wildman–Crippen MR) is 83.8 cm³/mol. The van der Waals surface area contributed by atoms with E-state index in [1.54, 1.807) is 6.08 Å². The van der Waals surface area contributed by atoms with Gasteiger partial charge < -0.3 is 16.0 Å². The number of hydrogen-bond donors (Lipinski definition) is 3. The van der Waals surface area contributed by atoms with Crippen molar-refractivity contribution >= 4 is 11.7 Å². The number of benzene rings is 1. The number of hydrogen-bond acceptors (Lipinski definition) is 4. The van der Waals surface area contributed by atoms with Crippen molar-refractivity contribution in [3.63, 3.8) is 0 Å². The second kappa shape index (κ2) is 5.93. The lowest BCUT2D eigenvalue weighted by Crippen LogP contribution is -2.55. The van der Waals surface area contributed by atoms with Gasteiger partial charge in [0, 0.05) is 12.1 Å². The fraction of sp³-hybridized carbons (Fsp3) is 0.412. The molecule has 2 aliphatic rings. The van der Waals surface area contributed by atoms with Gasteiger partial charge in [0.15, 0.2) is 5.78 Å². The molecule has 1 atom stereocenters. The van der Waals surface area contributed by atoms with Crippen LogP contribution < -0.4 is 16.0 Å². The fourth-order valence-electron chi connectivity index (χ4n) is 3.12. The van der Waals surface area contributed by atoms with Crippen molar-refractivity contribution in [1.29, 1.82) is 0 Å². The largest absolute Gasteiger partial charge is 0.365 e. The van der Waals surface area contributed by atoms with Crippen LogP contribution in [0.15, 0.2) is 42.2 Å². The van der Waals surface area contributed by atoms with Gasteiger partial charge in [-0.05, 0) is 38.4 Å². The fourth-order valence-corrected chi connectivity index (χ4v) is 3.12. The summed E-state index contributed by atoms with van der Waals surface area (Å²) >= 11 is 0. The smallest absolute Gasteiger partial charge is 0.239 e. The zero-order chi connectivity index (χ0) is 15.6. The van der Waals surface area contributed by atoms with E-state index in [1.807, 2.05) is 37.3 Å². The molecule has 0 radical (unpaired) electrons. The zero-order valence-corrected chi connectivity index (χ0v) is 12.7. The minimum atomic E-state index is -0.869. The van der Waals surface area contributed by atoms with Gasteiger partial charge in [-0.3, -0.25) is 9.59 Å². The summed E-state index contributed by atoms with van der Waals surface area (Å²) in [7, 11) is 0. The molecule has 1 amide bonds.